The van der Waals surface area contributed by atoms with Crippen molar-refractivity contribution in [3.05, 3.63) is 17.7 Å². The first-order valence-electron chi connectivity index (χ1n) is 6.00. The second-order valence-corrected chi connectivity index (χ2v) is 4.19. The van der Waals surface area contributed by atoms with Crippen molar-refractivity contribution in [2.75, 3.05) is 14.2 Å². The number of nitrogens with two attached hydrogens (primary N) is 1. The Labute approximate surface area is 126 Å². The number of benzene rings is 1. The van der Waals surface area contributed by atoms with Crippen LogP contribution in [-0.4, -0.2) is 52.6 Å². The molecule has 0 amide bonds. The molecule has 0 saturated carbocycles. The van der Waals surface area contributed by atoms with Crippen molar-refractivity contribution in [1.29, 1.82) is 0 Å². The Kier molecular flexibility index (Phi) is 7.70. The average molecular weight is 317 g/mol. The SMILES string of the molecule is COc1cc([C@@H](O)[C@H](C)N)cc(O)c1OC.O=C(O)C(=O)O. The Morgan fingerprint density at radius 3 is 1.95 bits per heavy atom. The molecule has 6 N–H and O–H groups in total. The summed E-state index contributed by atoms with van der Waals surface area (Å²) in [5.41, 5.74) is 6.07. The lowest BCUT2D eigenvalue weighted by atomic mass is 10.0. The van der Waals surface area contributed by atoms with E-state index in [1.165, 1.54) is 20.3 Å². The van der Waals surface area contributed by atoms with Crippen LogP contribution in [0.4, 0.5) is 0 Å². The number of carboxylic acids is 2. The second-order valence-electron chi connectivity index (χ2n) is 4.19. The zero-order valence-electron chi connectivity index (χ0n) is 12.3. The molecule has 1 aromatic carbocycles. The molecule has 0 saturated heterocycles. The fourth-order valence-corrected chi connectivity index (χ4v) is 1.44. The molecule has 22 heavy (non-hydrogen) atoms. The highest BCUT2D eigenvalue weighted by atomic mass is 16.5. The number of aliphatic hydroxyl groups is 1. The largest absolute Gasteiger partial charge is 0.504 e. The lowest BCUT2D eigenvalue weighted by molar-refractivity contribution is -0.159. The third kappa shape index (κ3) is 5.46. The lowest BCUT2D eigenvalue weighted by Crippen LogP contribution is -2.24. The summed E-state index contributed by atoms with van der Waals surface area (Å²) in [5.74, 6) is -3.14. The molecule has 2 atom stereocenters. The van der Waals surface area contributed by atoms with Crippen LogP contribution < -0.4 is 15.2 Å². The lowest BCUT2D eigenvalue weighted by Gasteiger charge is -2.17. The van der Waals surface area contributed by atoms with Crippen molar-refractivity contribution >= 4 is 11.9 Å². The molecule has 0 fully saturated rings. The normalized spacial score (nSPS) is 12.4. The Hall–Kier alpha value is -2.52. The number of rotatable bonds is 4. The number of hydrogen-bond donors (Lipinski definition) is 5. The molecule has 0 bridgehead atoms. The quantitative estimate of drug-likeness (QED) is 0.479. The number of methoxy groups -OCH3 is 2. The first kappa shape index (κ1) is 19.5. The molecule has 9 nitrogen and oxygen atoms in total. The maximum absolute atomic E-state index is 9.77. The molecule has 0 aliphatic rings. The van der Waals surface area contributed by atoms with Crippen molar-refractivity contribution in [1.82, 2.24) is 0 Å². The van der Waals surface area contributed by atoms with Gasteiger partial charge in [-0.3, -0.25) is 0 Å². The van der Waals surface area contributed by atoms with Gasteiger partial charge in [0.25, 0.3) is 0 Å². The highest BCUT2D eigenvalue weighted by Gasteiger charge is 2.18. The van der Waals surface area contributed by atoms with E-state index < -0.39 is 24.1 Å². The predicted octanol–water partition coefficient (Wildman–Crippen LogP) is -0.0544. The zero-order chi connectivity index (χ0) is 17.4. The van der Waals surface area contributed by atoms with Gasteiger partial charge in [-0.15, -0.1) is 0 Å². The molecule has 9 heteroatoms. The fourth-order valence-electron chi connectivity index (χ4n) is 1.44. The Morgan fingerprint density at radius 2 is 1.64 bits per heavy atom. The highest BCUT2D eigenvalue weighted by Crippen LogP contribution is 2.39. The minimum absolute atomic E-state index is 0.0865. The number of hydrogen-bond acceptors (Lipinski definition) is 7. The second kappa shape index (κ2) is 8.70. The molecular weight excluding hydrogens is 298 g/mol. The van der Waals surface area contributed by atoms with Gasteiger partial charge < -0.3 is 35.6 Å². The predicted molar refractivity (Wildman–Crippen MR) is 75.1 cm³/mol. The Balaban J connectivity index is 0.000000626. The summed E-state index contributed by atoms with van der Waals surface area (Å²) in [5, 5.41) is 34.2. The van der Waals surface area contributed by atoms with E-state index >= 15 is 0 Å². The number of ether oxygens (including phenoxy) is 2. The van der Waals surface area contributed by atoms with Crippen LogP contribution >= 0.6 is 0 Å². The molecule has 0 aromatic heterocycles. The number of carboxylic acid groups (broad SMARTS) is 2. The van der Waals surface area contributed by atoms with Gasteiger partial charge in [-0.1, -0.05) is 0 Å². The number of carbonyl (C=O) groups is 2. The number of phenolic OH excluding ortho intramolecular Hbond substituents is 1. The maximum Gasteiger partial charge on any atom is 0.414 e. The monoisotopic (exact) mass is 317 g/mol. The Morgan fingerprint density at radius 1 is 1.14 bits per heavy atom. The van der Waals surface area contributed by atoms with Crippen LogP contribution in [0.25, 0.3) is 0 Å². The maximum atomic E-state index is 9.77. The van der Waals surface area contributed by atoms with Gasteiger partial charge in [-0.2, -0.15) is 0 Å². The van der Waals surface area contributed by atoms with Gasteiger partial charge in [-0.25, -0.2) is 9.59 Å². The van der Waals surface area contributed by atoms with Gasteiger partial charge in [0.1, 0.15) is 0 Å². The topological polar surface area (TPSA) is 160 Å². The molecule has 0 radical (unpaired) electrons. The van der Waals surface area contributed by atoms with E-state index in [-0.39, 0.29) is 11.5 Å². The van der Waals surface area contributed by atoms with E-state index in [2.05, 4.69) is 0 Å². The van der Waals surface area contributed by atoms with E-state index in [9.17, 15) is 10.2 Å². The van der Waals surface area contributed by atoms with Gasteiger partial charge in [0, 0.05) is 6.04 Å². The average Bonchev–Trinajstić information content (AvgIpc) is 2.45. The minimum atomic E-state index is -1.82. The van der Waals surface area contributed by atoms with Crippen molar-refractivity contribution in [2.24, 2.45) is 5.73 Å². The van der Waals surface area contributed by atoms with Crippen LogP contribution in [-0.2, 0) is 9.59 Å². The molecule has 0 unspecified atom stereocenters. The summed E-state index contributed by atoms with van der Waals surface area (Å²) in [6.07, 6.45) is -0.856. The van der Waals surface area contributed by atoms with Gasteiger partial charge >= 0.3 is 11.9 Å². The summed E-state index contributed by atoms with van der Waals surface area (Å²) in [6.45, 7) is 1.68. The molecule has 0 aliphatic heterocycles. The van der Waals surface area contributed by atoms with Gasteiger partial charge in [0.05, 0.1) is 20.3 Å². The standard InChI is InChI=1S/C11H17NO4.C2H2O4/c1-6(12)10(14)7-4-8(13)11(16-3)9(5-7)15-2;3-1(4)2(5)6/h4-6,10,13-14H,12H2,1-3H3;(H,3,4)(H,5,6)/t6-,10-;/m0./s1. The van der Waals surface area contributed by atoms with Crippen LogP contribution in [0, 0.1) is 0 Å². The molecule has 1 aromatic rings. The smallest absolute Gasteiger partial charge is 0.414 e. The van der Waals surface area contributed by atoms with Gasteiger partial charge in [0.2, 0.25) is 5.75 Å². The first-order valence-corrected chi connectivity index (χ1v) is 6.00. The van der Waals surface area contributed by atoms with Crippen molar-refractivity contribution in [3.8, 4) is 17.2 Å². The number of aromatic hydroxyl groups is 1. The number of aliphatic hydroxyl groups excluding tert-OH is 1. The summed E-state index contributed by atoms with van der Waals surface area (Å²) in [7, 11) is 2.89. The molecular formula is C13H19NO8. The molecule has 1 rings (SSSR count). The van der Waals surface area contributed by atoms with E-state index in [1.54, 1.807) is 13.0 Å². The van der Waals surface area contributed by atoms with Crippen molar-refractivity contribution in [2.45, 2.75) is 19.1 Å². The molecule has 0 heterocycles. The van der Waals surface area contributed by atoms with Crippen LogP contribution in [0.2, 0.25) is 0 Å². The van der Waals surface area contributed by atoms with E-state index in [4.69, 9.17) is 35.0 Å². The summed E-state index contributed by atoms with van der Waals surface area (Å²) >= 11 is 0. The van der Waals surface area contributed by atoms with Gasteiger partial charge in [-0.05, 0) is 24.6 Å². The first-order chi connectivity index (χ1) is 10.1. The van der Waals surface area contributed by atoms with Crippen molar-refractivity contribution < 1.29 is 39.5 Å². The Bertz CT molecular complexity index is 517. The highest BCUT2D eigenvalue weighted by molar-refractivity contribution is 6.27. The van der Waals surface area contributed by atoms with Crippen LogP contribution in [0.1, 0.15) is 18.6 Å². The summed E-state index contributed by atoms with van der Waals surface area (Å²) < 4.78 is 10.0. The van der Waals surface area contributed by atoms with Crippen molar-refractivity contribution in [3.63, 3.8) is 0 Å². The number of aliphatic carboxylic acids is 2. The number of phenols is 1. The minimum Gasteiger partial charge on any atom is -0.504 e. The fraction of sp³-hybridized carbons (Fsp3) is 0.385. The molecule has 124 valence electrons. The summed E-state index contributed by atoms with van der Waals surface area (Å²) in [4.78, 5) is 18.2. The molecule has 0 aliphatic carbocycles. The molecule has 0 spiro atoms. The van der Waals surface area contributed by atoms with E-state index in [1.807, 2.05) is 0 Å². The third-order valence-electron chi connectivity index (χ3n) is 2.50. The van der Waals surface area contributed by atoms with Gasteiger partial charge in [0.15, 0.2) is 11.5 Å². The third-order valence-corrected chi connectivity index (χ3v) is 2.50. The van der Waals surface area contributed by atoms with Crippen LogP contribution in [0.5, 0.6) is 17.2 Å². The van der Waals surface area contributed by atoms with E-state index in [0.29, 0.717) is 11.3 Å². The zero-order valence-corrected chi connectivity index (χ0v) is 12.3. The summed E-state index contributed by atoms with van der Waals surface area (Å²) in [6, 6.07) is 2.57. The van der Waals surface area contributed by atoms with Crippen LogP contribution in [0.15, 0.2) is 12.1 Å². The van der Waals surface area contributed by atoms with E-state index in [0.717, 1.165) is 0 Å². The van der Waals surface area contributed by atoms with Crippen LogP contribution in [0.3, 0.4) is 0 Å².